The Morgan fingerprint density at radius 1 is 0.774 bits per heavy atom. The van der Waals surface area contributed by atoms with Gasteiger partial charge in [-0.2, -0.15) is 10.2 Å². The fourth-order valence-corrected chi connectivity index (χ4v) is 3.05. The highest BCUT2D eigenvalue weighted by atomic mass is 19.2. The lowest BCUT2D eigenvalue weighted by Crippen LogP contribution is -1.89. The Morgan fingerprint density at radius 3 is 2.10 bits per heavy atom. The van der Waals surface area contributed by atoms with Crippen LogP contribution in [0.2, 0.25) is 0 Å². The van der Waals surface area contributed by atoms with E-state index in [1.54, 1.807) is 6.07 Å². The fourth-order valence-electron chi connectivity index (χ4n) is 3.05. The highest BCUT2D eigenvalue weighted by Crippen LogP contribution is 2.24. The number of rotatable bonds is 6. The zero-order valence-corrected chi connectivity index (χ0v) is 17.6. The van der Waals surface area contributed by atoms with Gasteiger partial charge >= 0.3 is 0 Å². The van der Waals surface area contributed by atoms with Crippen LogP contribution in [0.1, 0.15) is 48.9 Å². The summed E-state index contributed by atoms with van der Waals surface area (Å²) in [4.78, 5) is 0. The summed E-state index contributed by atoms with van der Waals surface area (Å²) in [7, 11) is 0. The molecule has 0 aromatic heterocycles. The highest BCUT2D eigenvalue weighted by molar-refractivity contribution is 5.52. The summed E-state index contributed by atoms with van der Waals surface area (Å²) >= 11 is 0. The number of benzene rings is 3. The Kier molecular flexibility index (Phi) is 7.61. The second-order valence-electron chi connectivity index (χ2n) is 7.17. The molecule has 0 atom stereocenters. The molecule has 3 rings (SSSR count). The van der Waals surface area contributed by atoms with Gasteiger partial charge in [-0.25, -0.2) is 13.2 Å². The number of hydrogen-bond donors (Lipinski definition) is 0. The molecular formula is C26H23F3N2. The van der Waals surface area contributed by atoms with Gasteiger partial charge in [-0.15, -0.1) is 0 Å². The van der Waals surface area contributed by atoms with Crippen molar-refractivity contribution in [2.75, 3.05) is 0 Å². The summed E-state index contributed by atoms with van der Waals surface area (Å²) in [6.45, 7) is 4.19. The van der Waals surface area contributed by atoms with Crippen LogP contribution in [0.25, 0.3) is 0 Å². The highest BCUT2D eigenvalue weighted by Gasteiger charge is 2.10. The minimum Gasteiger partial charge on any atom is -0.204 e. The normalized spacial score (nSPS) is 10.9. The van der Waals surface area contributed by atoms with Crippen LogP contribution >= 0.6 is 0 Å². The summed E-state index contributed by atoms with van der Waals surface area (Å²) in [5.41, 5.74) is 4.56. The lowest BCUT2D eigenvalue weighted by atomic mass is 10.0. The molecule has 3 aromatic rings. The molecule has 0 bridgehead atoms. The van der Waals surface area contributed by atoms with Crippen molar-refractivity contribution in [1.82, 2.24) is 0 Å². The quantitative estimate of drug-likeness (QED) is 0.221. The lowest BCUT2D eigenvalue weighted by Gasteiger charge is -2.03. The molecule has 5 heteroatoms. The number of nitrogens with zero attached hydrogens (tertiary/aromatic N) is 2. The molecule has 0 saturated heterocycles. The second kappa shape index (κ2) is 10.6. The van der Waals surface area contributed by atoms with Crippen LogP contribution in [-0.2, 0) is 12.8 Å². The van der Waals surface area contributed by atoms with E-state index in [0.29, 0.717) is 5.69 Å². The third-order valence-corrected chi connectivity index (χ3v) is 4.83. The lowest BCUT2D eigenvalue weighted by molar-refractivity contribution is 0.447. The van der Waals surface area contributed by atoms with Gasteiger partial charge < -0.3 is 0 Å². The third-order valence-electron chi connectivity index (χ3n) is 4.83. The Hall–Kier alpha value is -3.39. The van der Waals surface area contributed by atoms with Gasteiger partial charge in [0.15, 0.2) is 17.5 Å². The van der Waals surface area contributed by atoms with Gasteiger partial charge in [-0.05, 0) is 60.7 Å². The van der Waals surface area contributed by atoms with Gasteiger partial charge in [0, 0.05) is 23.3 Å². The molecule has 3 aromatic carbocycles. The van der Waals surface area contributed by atoms with E-state index in [-0.39, 0.29) is 5.69 Å². The molecule has 0 aliphatic heterocycles. The Balaban J connectivity index is 1.77. The van der Waals surface area contributed by atoms with Crippen molar-refractivity contribution in [1.29, 1.82) is 0 Å². The van der Waals surface area contributed by atoms with Crippen LogP contribution in [0.15, 0.2) is 64.8 Å². The molecule has 0 aliphatic carbocycles. The van der Waals surface area contributed by atoms with Crippen molar-refractivity contribution in [3.8, 4) is 11.8 Å². The topological polar surface area (TPSA) is 24.7 Å². The van der Waals surface area contributed by atoms with Crippen LogP contribution in [0.5, 0.6) is 0 Å². The van der Waals surface area contributed by atoms with Crippen LogP contribution in [0.4, 0.5) is 24.5 Å². The van der Waals surface area contributed by atoms with E-state index in [1.165, 1.54) is 18.4 Å². The molecule has 31 heavy (non-hydrogen) atoms. The molecule has 0 radical (unpaired) electrons. The fraction of sp³-hybridized carbons (Fsp3) is 0.231. The maximum Gasteiger partial charge on any atom is 0.194 e. The molecule has 158 valence electrons. The summed E-state index contributed by atoms with van der Waals surface area (Å²) in [5.74, 6) is 2.27. The van der Waals surface area contributed by atoms with Crippen molar-refractivity contribution < 1.29 is 13.2 Å². The van der Waals surface area contributed by atoms with E-state index in [1.807, 2.05) is 31.2 Å². The summed E-state index contributed by atoms with van der Waals surface area (Å²) in [6, 6.07) is 15.3. The Labute approximate surface area is 180 Å². The van der Waals surface area contributed by atoms with Crippen molar-refractivity contribution >= 4 is 11.4 Å². The van der Waals surface area contributed by atoms with Crippen LogP contribution in [-0.4, -0.2) is 0 Å². The molecule has 0 N–H and O–H groups in total. The SMILES string of the molecule is CCCCc1ccc(C#Cc2ccc(N=Nc3cc(F)c(F)c(F)c3)cc2CC)cc1. The first-order valence-electron chi connectivity index (χ1n) is 10.3. The molecule has 0 aliphatic rings. The first-order valence-corrected chi connectivity index (χ1v) is 10.3. The van der Waals surface area contributed by atoms with Crippen molar-refractivity contribution in [3.05, 3.63) is 94.3 Å². The minimum atomic E-state index is -1.52. The van der Waals surface area contributed by atoms with E-state index in [0.717, 1.165) is 41.7 Å². The summed E-state index contributed by atoms with van der Waals surface area (Å²) in [6.07, 6.45) is 4.18. The van der Waals surface area contributed by atoms with Gasteiger partial charge in [0.1, 0.15) is 0 Å². The van der Waals surface area contributed by atoms with Crippen molar-refractivity contribution in [2.24, 2.45) is 10.2 Å². The number of hydrogen-bond acceptors (Lipinski definition) is 2. The van der Waals surface area contributed by atoms with E-state index in [4.69, 9.17) is 0 Å². The monoisotopic (exact) mass is 420 g/mol. The molecule has 0 amide bonds. The van der Waals surface area contributed by atoms with Gasteiger partial charge in [-0.1, -0.05) is 44.2 Å². The van der Waals surface area contributed by atoms with Crippen LogP contribution in [0, 0.1) is 29.3 Å². The van der Waals surface area contributed by atoms with E-state index in [2.05, 4.69) is 41.1 Å². The van der Waals surface area contributed by atoms with Crippen molar-refractivity contribution in [2.45, 2.75) is 39.5 Å². The van der Waals surface area contributed by atoms with Gasteiger partial charge in [0.25, 0.3) is 0 Å². The predicted octanol–water partition coefficient (Wildman–Crippen LogP) is 7.82. The minimum absolute atomic E-state index is 0.0966. The summed E-state index contributed by atoms with van der Waals surface area (Å²) < 4.78 is 39.7. The predicted molar refractivity (Wildman–Crippen MR) is 117 cm³/mol. The van der Waals surface area contributed by atoms with E-state index in [9.17, 15) is 13.2 Å². The smallest absolute Gasteiger partial charge is 0.194 e. The number of aryl methyl sites for hydroxylation is 2. The molecule has 0 heterocycles. The standard InChI is InChI=1S/C26H23F3N2/c1-3-5-6-18-7-9-19(10-8-18)11-12-21-13-14-22(15-20(21)4-2)30-31-23-16-24(27)26(29)25(28)17-23/h7-10,13-17H,3-6H2,1-2H3. The van der Waals surface area contributed by atoms with E-state index < -0.39 is 17.5 Å². The zero-order chi connectivity index (χ0) is 22.2. The second-order valence-corrected chi connectivity index (χ2v) is 7.17. The number of unbranched alkanes of at least 4 members (excludes halogenated alkanes) is 1. The van der Waals surface area contributed by atoms with Crippen molar-refractivity contribution in [3.63, 3.8) is 0 Å². The van der Waals surface area contributed by atoms with Gasteiger partial charge in [0.2, 0.25) is 0 Å². The maximum atomic E-state index is 13.3. The van der Waals surface area contributed by atoms with Gasteiger partial charge in [-0.3, -0.25) is 0 Å². The molecule has 0 saturated carbocycles. The first kappa shape index (κ1) is 22.3. The third kappa shape index (κ3) is 6.05. The Morgan fingerprint density at radius 2 is 1.45 bits per heavy atom. The maximum absolute atomic E-state index is 13.3. The van der Waals surface area contributed by atoms with Crippen LogP contribution in [0.3, 0.4) is 0 Å². The van der Waals surface area contributed by atoms with Crippen LogP contribution < -0.4 is 0 Å². The molecule has 0 fully saturated rings. The van der Waals surface area contributed by atoms with Gasteiger partial charge in [0.05, 0.1) is 11.4 Å². The largest absolute Gasteiger partial charge is 0.204 e. The number of azo groups is 1. The molecule has 0 unspecified atom stereocenters. The van der Waals surface area contributed by atoms with E-state index >= 15 is 0 Å². The molecule has 2 nitrogen and oxygen atoms in total. The first-order chi connectivity index (χ1) is 15.0. The molecule has 0 spiro atoms. The average molecular weight is 420 g/mol. The average Bonchev–Trinajstić information content (AvgIpc) is 2.79. The number of halogens is 3. The Bertz CT molecular complexity index is 1120. The zero-order valence-electron chi connectivity index (χ0n) is 17.6. The summed E-state index contributed by atoms with van der Waals surface area (Å²) in [5, 5.41) is 7.82. The molecular weight excluding hydrogens is 397 g/mol.